The normalized spacial score (nSPS) is 44.4. The summed E-state index contributed by atoms with van der Waals surface area (Å²) in [5.41, 5.74) is 6.64. The zero-order valence-electron chi connectivity index (χ0n) is 15.1. The Labute approximate surface area is 149 Å². The van der Waals surface area contributed by atoms with Gasteiger partial charge >= 0.3 is 0 Å². The first kappa shape index (κ1) is 17.7. The predicted octanol–water partition coefficient (Wildman–Crippen LogP) is 0.267. The van der Waals surface area contributed by atoms with E-state index >= 15 is 0 Å². The van der Waals surface area contributed by atoms with Crippen LogP contribution < -0.4 is 21.5 Å². The summed E-state index contributed by atoms with van der Waals surface area (Å²) in [5.74, 6) is 1.51. The van der Waals surface area contributed by atoms with Crippen LogP contribution in [0.2, 0.25) is 0 Å². The van der Waals surface area contributed by atoms with Gasteiger partial charge in [0.25, 0.3) is 0 Å². The SMILES string of the molecule is COC1CCC(NC(=O)C2CC(C3CCC4OCCC4C3)NN2)CN1. The van der Waals surface area contributed by atoms with Gasteiger partial charge in [-0.25, -0.2) is 5.43 Å². The Kier molecular flexibility index (Phi) is 5.57. The standard InChI is InChI=1S/C18H32N4O3/c1-24-17-5-3-13(10-19-17)20-18(23)15-9-14(21-22-15)11-2-4-16-12(8-11)6-7-25-16/h11-17,19,21-22H,2-10H2,1H3,(H,20,23). The predicted molar refractivity (Wildman–Crippen MR) is 93.6 cm³/mol. The van der Waals surface area contributed by atoms with Crippen molar-refractivity contribution >= 4 is 5.91 Å². The van der Waals surface area contributed by atoms with E-state index in [0.717, 1.165) is 38.3 Å². The Bertz CT molecular complexity index is 469. The fraction of sp³-hybridized carbons (Fsp3) is 0.944. The van der Waals surface area contributed by atoms with Crippen LogP contribution in [0.15, 0.2) is 0 Å². The van der Waals surface area contributed by atoms with Crippen LogP contribution in [0.25, 0.3) is 0 Å². The van der Waals surface area contributed by atoms with Gasteiger partial charge in [-0.2, -0.15) is 0 Å². The second-order valence-corrected chi connectivity index (χ2v) is 8.13. The van der Waals surface area contributed by atoms with Gasteiger partial charge in [0.2, 0.25) is 5.91 Å². The minimum atomic E-state index is -0.122. The third kappa shape index (κ3) is 4.01. The van der Waals surface area contributed by atoms with Gasteiger partial charge < -0.3 is 14.8 Å². The van der Waals surface area contributed by atoms with E-state index in [-0.39, 0.29) is 24.2 Å². The van der Waals surface area contributed by atoms with Crippen molar-refractivity contribution in [3.05, 3.63) is 0 Å². The topological polar surface area (TPSA) is 83.7 Å². The van der Waals surface area contributed by atoms with E-state index in [4.69, 9.17) is 9.47 Å². The van der Waals surface area contributed by atoms with Crippen LogP contribution in [-0.2, 0) is 14.3 Å². The fourth-order valence-electron chi connectivity index (χ4n) is 5.05. The zero-order chi connectivity index (χ0) is 17.2. The van der Waals surface area contributed by atoms with Crippen molar-refractivity contribution in [2.24, 2.45) is 11.8 Å². The molecule has 4 rings (SSSR count). The molecule has 0 aromatic rings. The van der Waals surface area contributed by atoms with Crippen LogP contribution in [0, 0.1) is 11.8 Å². The van der Waals surface area contributed by atoms with E-state index in [2.05, 4.69) is 21.5 Å². The molecule has 25 heavy (non-hydrogen) atoms. The number of ether oxygens (including phenoxy) is 2. The van der Waals surface area contributed by atoms with Gasteiger partial charge in [0.05, 0.1) is 6.10 Å². The summed E-state index contributed by atoms with van der Waals surface area (Å²) in [5, 5.41) is 6.50. The van der Waals surface area contributed by atoms with Crippen LogP contribution in [0.1, 0.15) is 44.9 Å². The highest BCUT2D eigenvalue weighted by Crippen LogP contribution is 2.39. The molecule has 7 heteroatoms. The van der Waals surface area contributed by atoms with Crippen molar-refractivity contribution in [1.29, 1.82) is 0 Å². The first-order valence-electron chi connectivity index (χ1n) is 9.92. The molecule has 1 saturated carbocycles. The number of rotatable bonds is 4. The number of hydrogen-bond donors (Lipinski definition) is 4. The highest BCUT2D eigenvalue weighted by atomic mass is 16.5. The van der Waals surface area contributed by atoms with E-state index in [0.29, 0.717) is 18.1 Å². The van der Waals surface area contributed by atoms with Crippen LogP contribution in [0.4, 0.5) is 0 Å². The second-order valence-electron chi connectivity index (χ2n) is 8.13. The summed E-state index contributed by atoms with van der Waals surface area (Å²) in [6.07, 6.45) is 8.25. The molecule has 4 N–H and O–H groups in total. The van der Waals surface area contributed by atoms with E-state index < -0.39 is 0 Å². The second kappa shape index (κ2) is 7.88. The third-order valence-corrected chi connectivity index (χ3v) is 6.59. The Morgan fingerprint density at radius 3 is 2.80 bits per heavy atom. The first-order valence-corrected chi connectivity index (χ1v) is 9.92. The van der Waals surface area contributed by atoms with Gasteiger partial charge in [0.1, 0.15) is 12.3 Å². The molecule has 3 heterocycles. The molecule has 142 valence electrons. The number of methoxy groups -OCH3 is 1. The minimum Gasteiger partial charge on any atom is -0.378 e. The largest absolute Gasteiger partial charge is 0.378 e. The minimum absolute atomic E-state index is 0.121. The molecule has 0 bridgehead atoms. The number of hydrogen-bond acceptors (Lipinski definition) is 6. The smallest absolute Gasteiger partial charge is 0.238 e. The number of carbonyl (C=O) groups is 1. The third-order valence-electron chi connectivity index (χ3n) is 6.59. The maximum Gasteiger partial charge on any atom is 0.238 e. The number of nitrogens with one attached hydrogen (secondary N) is 4. The summed E-state index contributed by atoms with van der Waals surface area (Å²) in [6, 6.07) is 0.480. The first-order chi connectivity index (χ1) is 12.2. The van der Waals surface area contributed by atoms with Gasteiger partial charge in [-0.1, -0.05) is 0 Å². The van der Waals surface area contributed by atoms with Crippen molar-refractivity contribution in [1.82, 2.24) is 21.5 Å². The highest BCUT2D eigenvalue weighted by Gasteiger charge is 2.41. The van der Waals surface area contributed by atoms with Gasteiger partial charge in [0, 0.05) is 32.3 Å². The number of amides is 1. The molecule has 0 aromatic heterocycles. The quantitative estimate of drug-likeness (QED) is 0.581. The number of piperidine rings is 1. The lowest BCUT2D eigenvalue weighted by Crippen LogP contribution is -2.53. The lowest BCUT2D eigenvalue weighted by atomic mass is 9.75. The van der Waals surface area contributed by atoms with Crippen LogP contribution in [0.3, 0.4) is 0 Å². The average molecular weight is 352 g/mol. The summed E-state index contributed by atoms with van der Waals surface area (Å²) in [7, 11) is 1.72. The van der Waals surface area contributed by atoms with Crippen LogP contribution in [-0.4, -0.2) is 56.6 Å². The monoisotopic (exact) mass is 352 g/mol. The lowest BCUT2D eigenvalue weighted by Gasteiger charge is -2.34. The summed E-state index contributed by atoms with van der Waals surface area (Å²) >= 11 is 0. The Morgan fingerprint density at radius 2 is 2.00 bits per heavy atom. The van der Waals surface area contributed by atoms with Crippen molar-refractivity contribution in [2.45, 2.75) is 75.4 Å². The summed E-state index contributed by atoms with van der Waals surface area (Å²) < 4.78 is 11.1. The molecule has 7 atom stereocenters. The average Bonchev–Trinajstić information content (AvgIpc) is 3.31. The van der Waals surface area contributed by atoms with Crippen LogP contribution in [0.5, 0.6) is 0 Å². The number of hydrazine groups is 1. The number of carbonyl (C=O) groups excluding carboxylic acids is 1. The molecule has 0 spiro atoms. The van der Waals surface area contributed by atoms with Crippen molar-refractivity contribution in [2.75, 3.05) is 20.3 Å². The maximum absolute atomic E-state index is 12.6. The Hall–Kier alpha value is -0.730. The molecule has 4 fully saturated rings. The lowest BCUT2D eigenvalue weighted by molar-refractivity contribution is -0.124. The molecule has 0 radical (unpaired) electrons. The van der Waals surface area contributed by atoms with Gasteiger partial charge in [0.15, 0.2) is 0 Å². The molecule has 1 aliphatic carbocycles. The Balaban J connectivity index is 1.23. The van der Waals surface area contributed by atoms with E-state index in [1.165, 1.54) is 25.7 Å². The molecule has 0 aromatic carbocycles. The van der Waals surface area contributed by atoms with Gasteiger partial charge in [-0.15, -0.1) is 0 Å². The summed E-state index contributed by atoms with van der Waals surface area (Å²) in [4.78, 5) is 12.6. The molecule has 7 nitrogen and oxygen atoms in total. The summed E-state index contributed by atoms with van der Waals surface area (Å²) in [6.45, 7) is 1.71. The molecule has 1 amide bonds. The Morgan fingerprint density at radius 1 is 1.08 bits per heavy atom. The zero-order valence-corrected chi connectivity index (χ0v) is 15.1. The molecular formula is C18H32N4O3. The number of fused-ring (bicyclic) bond motifs is 1. The molecule has 7 unspecified atom stereocenters. The van der Waals surface area contributed by atoms with E-state index in [1.807, 2.05) is 0 Å². The van der Waals surface area contributed by atoms with E-state index in [1.54, 1.807) is 7.11 Å². The fourth-order valence-corrected chi connectivity index (χ4v) is 5.05. The van der Waals surface area contributed by atoms with Crippen LogP contribution >= 0.6 is 0 Å². The van der Waals surface area contributed by atoms with Gasteiger partial charge in [-0.3, -0.25) is 15.5 Å². The van der Waals surface area contributed by atoms with Gasteiger partial charge in [-0.05, 0) is 56.8 Å². The molecule has 4 aliphatic rings. The van der Waals surface area contributed by atoms with Crippen molar-refractivity contribution in [3.63, 3.8) is 0 Å². The highest BCUT2D eigenvalue weighted by molar-refractivity contribution is 5.82. The van der Waals surface area contributed by atoms with Crippen molar-refractivity contribution in [3.8, 4) is 0 Å². The van der Waals surface area contributed by atoms with Crippen molar-refractivity contribution < 1.29 is 14.3 Å². The molecule has 3 aliphatic heterocycles. The van der Waals surface area contributed by atoms with E-state index in [9.17, 15) is 4.79 Å². The molecular weight excluding hydrogens is 320 g/mol. The maximum atomic E-state index is 12.6. The molecule has 3 saturated heterocycles.